The number of methoxy groups -OCH3 is 1. The van der Waals surface area contributed by atoms with E-state index in [0.29, 0.717) is 22.2 Å². The number of amides is 1. The quantitative estimate of drug-likeness (QED) is 0.440. The summed E-state index contributed by atoms with van der Waals surface area (Å²) < 4.78 is 19.4. The first kappa shape index (κ1) is 21.9. The fourth-order valence-corrected chi connectivity index (χ4v) is 3.44. The molecule has 166 valence electrons. The number of nitrogens with zero attached hydrogens (tertiary/aromatic N) is 2. The number of aromatic nitrogens is 2. The molecule has 0 saturated carbocycles. The molecule has 0 unspecified atom stereocenters. The van der Waals surface area contributed by atoms with Crippen molar-refractivity contribution in [2.24, 2.45) is 0 Å². The summed E-state index contributed by atoms with van der Waals surface area (Å²) in [6.45, 7) is 0.530. The molecule has 0 aliphatic carbocycles. The molecule has 2 aromatic carbocycles. The number of hydrogen-bond acceptors (Lipinski definition) is 5. The zero-order valence-electron chi connectivity index (χ0n) is 17.7. The molecule has 0 spiro atoms. The molecule has 2 heterocycles. The summed E-state index contributed by atoms with van der Waals surface area (Å²) in [6.07, 6.45) is 3.26. The Labute approximate surface area is 188 Å². The third-order valence-electron chi connectivity index (χ3n) is 5.24. The van der Waals surface area contributed by atoms with Crippen molar-refractivity contribution < 1.29 is 18.7 Å². The van der Waals surface area contributed by atoms with Crippen LogP contribution in [0.1, 0.15) is 31.8 Å². The SMILES string of the molecule is COc1cc(CNC(=O)c2ccc3ccn(Cc4ccc(C(=O)F)cc4)c(=O)c3c2)ccn1. The number of pyridine rings is 2. The summed E-state index contributed by atoms with van der Waals surface area (Å²) in [4.78, 5) is 40.5. The van der Waals surface area contributed by atoms with Crippen molar-refractivity contribution in [2.45, 2.75) is 13.1 Å². The summed E-state index contributed by atoms with van der Waals surface area (Å²) in [5.74, 6) is 0.146. The summed E-state index contributed by atoms with van der Waals surface area (Å²) in [5.41, 5.74) is 1.64. The Bertz CT molecular complexity index is 1400. The summed E-state index contributed by atoms with van der Waals surface area (Å²) >= 11 is 0. The molecule has 0 fully saturated rings. The van der Waals surface area contributed by atoms with Gasteiger partial charge in [-0.25, -0.2) is 4.98 Å². The van der Waals surface area contributed by atoms with Gasteiger partial charge in [-0.1, -0.05) is 18.2 Å². The molecular formula is C25H20FN3O4. The Morgan fingerprint density at radius 3 is 2.48 bits per heavy atom. The van der Waals surface area contributed by atoms with Crippen molar-refractivity contribution in [1.82, 2.24) is 14.9 Å². The van der Waals surface area contributed by atoms with Crippen LogP contribution in [0.2, 0.25) is 0 Å². The second-order valence-electron chi connectivity index (χ2n) is 7.41. The van der Waals surface area contributed by atoms with Gasteiger partial charge in [0.25, 0.3) is 11.5 Å². The predicted octanol–water partition coefficient (Wildman–Crippen LogP) is 3.49. The number of nitrogens with one attached hydrogen (secondary N) is 1. The van der Waals surface area contributed by atoms with Crippen molar-refractivity contribution in [3.05, 3.63) is 106 Å². The predicted molar refractivity (Wildman–Crippen MR) is 121 cm³/mol. The Morgan fingerprint density at radius 1 is 1.00 bits per heavy atom. The molecule has 0 aliphatic rings. The molecular weight excluding hydrogens is 425 g/mol. The van der Waals surface area contributed by atoms with E-state index in [-0.39, 0.29) is 30.1 Å². The van der Waals surface area contributed by atoms with Gasteiger partial charge in [0, 0.05) is 36.0 Å². The number of fused-ring (bicyclic) bond motifs is 1. The molecule has 4 aromatic rings. The van der Waals surface area contributed by atoms with Gasteiger partial charge in [-0.05, 0) is 52.9 Å². The highest BCUT2D eigenvalue weighted by molar-refractivity contribution is 5.98. The Hall–Kier alpha value is -4.33. The minimum Gasteiger partial charge on any atom is -0.481 e. The molecule has 0 saturated heterocycles. The van der Waals surface area contributed by atoms with Gasteiger partial charge in [0.15, 0.2) is 0 Å². The maximum absolute atomic E-state index is 13.0. The van der Waals surface area contributed by atoms with Gasteiger partial charge >= 0.3 is 6.04 Å². The van der Waals surface area contributed by atoms with E-state index < -0.39 is 6.04 Å². The lowest BCUT2D eigenvalue weighted by atomic mass is 10.1. The maximum Gasteiger partial charge on any atom is 0.332 e. The topological polar surface area (TPSA) is 90.3 Å². The van der Waals surface area contributed by atoms with E-state index in [2.05, 4.69) is 10.3 Å². The Balaban J connectivity index is 1.54. The van der Waals surface area contributed by atoms with Crippen LogP contribution in [0.15, 0.2) is 77.9 Å². The van der Waals surface area contributed by atoms with Crippen LogP contribution in [-0.4, -0.2) is 28.6 Å². The van der Waals surface area contributed by atoms with E-state index in [1.807, 2.05) is 0 Å². The van der Waals surface area contributed by atoms with Crippen molar-refractivity contribution >= 4 is 22.7 Å². The number of hydrogen-bond donors (Lipinski definition) is 1. The average molecular weight is 445 g/mol. The molecule has 33 heavy (non-hydrogen) atoms. The maximum atomic E-state index is 13.0. The van der Waals surface area contributed by atoms with Gasteiger partial charge in [0.1, 0.15) is 0 Å². The van der Waals surface area contributed by atoms with E-state index in [9.17, 15) is 18.8 Å². The van der Waals surface area contributed by atoms with E-state index in [1.165, 1.54) is 23.8 Å². The van der Waals surface area contributed by atoms with Crippen LogP contribution in [0.4, 0.5) is 4.39 Å². The number of carbonyl (C=O) groups excluding carboxylic acids is 2. The molecule has 1 amide bonds. The first-order valence-electron chi connectivity index (χ1n) is 10.1. The van der Waals surface area contributed by atoms with E-state index in [4.69, 9.17) is 4.74 Å². The molecule has 0 radical (unpaired) electrons. The highest BCUT2D eigenvalue weighted by Gasteiger charge is 2.11. The fraction of sp³-hybridized carbons (Fsp3) is 0.120. The second kappa shape index (κ2) is 9.44. The molecule has 2 aromatic heterocycles. The van der Waals surface area contributed by atoms with E-state index >= 15 is 0 Å². The monoisotopic (exact) mass is 445 g/mol. The molecule has 0 bridgehead atoms. The minimum absolute atomic E-state index is 0.0366. The lowest BCUT2D eigenvalue weighted by molar-refractivity contribution is 0.0835. The largest absolute Gasteiger partial charge is 0.481 e. The van der Waals surface area contributed by atoms with Crippen molar-refractivity contribution in [3.63, 3.8) is 0 Å². The second-order valence-corrected chi connectivity index (χ2v) is 7.41. The number of halogens is 1. The normalized spacial score (nSPS) is 10.7. The summed E-state index contributed by atoms with van der Waals surface area (Å²) in [5, 5.41) is 3.95. The van der Waals surface area contributed by atoms with Gasteiger partial charge in [-0.3, -0.25) is 14.4 Å². The van der Waals surface area contributed by atoms with E-state index in [1.54, 1.807) is 60.9 Å². The van der Waals surface area contributed by atoms with Crippen molar-refractivity contribution in [3.8, 4) is 5.88 Å². The molecule has 8 heteroatoms. The van der Waals surface area contributed by atoms with Crippen LogP contribution in [0.3, 0.4) is 0 Å². The number of ether oxygens (including phenoxy) is 1. The van der Waals surface area contributed by atoms with Crippen LogP contribution in [0.25, 0.3) is 10.8 Å². The highest BCUT2D eigenvalue weighted by Crippen LogP contribution is 2.14. The zero-order valence-corrected chi connectivity index (χ0v) is 17.7. The molecule has 1 N–H and O–H groups in total. The first-order valence-corrected chi connectivity index (χ1v) is 10.1. The smallest absolute Gasteiger partial charge is 0.332 e. The van der Waals surface area contributed by atoms with Crippen LogP contribution in [0, 0.1) is 0 Å². The lowest BCUT2D eigenvalue weighted by Gasteiger charge is -2.10. The van der Waals surface area contributed by atoms with E-state index in [0.717, 1.165) is 11.1 Å². The minimum atomic E-state index is -1.50. The van der Waals surface area contributed by atoms with Crippen LogP contribution < -0.4 is 15.6 Å². The Morgan fingerprint density at radius 2 is 1.76 bits per heavy atom. The number of benzene rings is 2. The van der Waals surface area contributed by atoms with Gasteiger partial charge in [0.05, 0.1) is 19.2 Å². The fourth-order valence-electron chi connectivity index (χ4n) is 3.44. The zero-order chi connectivity index (χ0) is 23.4. The molecule has 4 rings (SSSR count). The summed E-state index contributed by atoms with van der Waals surface area (Å²) in [7, 11) is 1.52. The average Bonchev–Trinajstić information content (AvgIpc) is 2.84. The lowest BCUT2D eigenvalue weighted by Crippen LogP contribution is -2.24. The first-order chi connectivity index (χ1) is 15.9. The van der Waals surface area contributed by atoms with Crippen LogP contribution in [-0.2, 0) is 13.1 Å². The molecule has 0 aliphatic heterocycles. The molecule has 7 nitrogen and oxygen atoms in total. The third-order valence-corrected chi connectivity index (χ3v) is 5.24. The Kier molecular flexibility index (Phi) is 6.26. The van der Waals surface area contributed by atoms with Crippen molar-refractivity contribution in [1.29, 1.82) is 0 Å². The number of carbonyl (C=O) groups is 2. The standard InChI is InChI=1S/C25H20FN3O4/c1-33-22-12-17(8-10-27-22)14-28-24(31)20-7-6-18-9-11-29(25(32)21(18)13-20)15-16-2-4-19(5-3-16)23(26)30/h2-13H,14-15H2,1H3,(H,28,31). The number of rotatable bonds is 7. The highest BCUT2D eigenvalue weighted by atomic mass is 19.1. The van der Waals surface area contributed by atoms with Crippen molar-refractivity contribution in [2.75, 3.05) is 7.11 Å². The van der Waals surface area contributed by atoms with Gasteiger partial charge in [-0.15, -0.1) is 0 Å². The van der Waals surface area contributed by atoms with Gasteiger partial charge in [-0.2, -0.15) is 4.39 Å². The third kappa shape index (κ3) is 4.95. The van der Waals surface area contributed by atoms with Gasteiger partial charge in [0.2, 0.25) is 5.88 Å². The summed E-state index contributed by atoms with van der Waals surface area (Å²) in [6, 6.07) is 14.7. The van der Waals surface area contributed by atoms with Crippen LogP contribution in [0.5, 0.6) is 5.88 Å². The molecule has 0 atom stereocenters. The van der Waals surface area contributed by atoms with Gasteiger partial charge < -0.3 is 14.6 Å². The van der Waals surface area contributed by atoms with Crippen LogP contribution >= 0.6 is 0 Å².